The molecule has 2 aromatic heterocycles. The van der Waals surface area contributed by atoms with Gasteiger partial charge in [0, 0.05) is 12.6 Å². The third kappa shape index (κ3) is 3.25. The lowest BCUT2D eigenvalue weighted by atomic mass is 10.2. The van der Waals surface area contributed by atoms with Gasteiger partial charge in [-0.15, -0.1) is 11.3 Å². The Labute approximate surface area is 115 Å². The summed E-state index contributed by atoms with van der Waals surface area (Å²) in [6.07, 6.45) is 1.58. The fraction of sp³-hybridized carbons (Fsp3) is 0.214. The Bertz CT molecular complexity index is 604. The van der Waals surface area contributed by atoms with Crippen LogP contribution in [0.5, 0.6) is 0 Å². The molecule has 4 nitrogen and oxygen atoms in total. The lowest BCUT2D eigenvalue weighted by molar-refractivity contribution is 0.0780. The van der Waals surface area contributed by atoms with Gasteiger partial charge < -0.3 is 14.4 Å². The minimum atomic E-state index is -0.217. The van der Waals surface area contributed by atoms with Crippen LogP contribution in [0.2, 0.25) is 0 Å². The zero-order valence-electron chi connectivity index (χ0n) is 10.4. The molecule has 0 saturated heterocycles. The molecule has 0 atom stereocenters. The maximum atomic E-state index is 12.3. The van der Waals surface area contributed by atoms with Crippen LogP contribution >= 0.6 is 11.3 Å². The van der Waals surface area contributed by atoms with Gasteiger partial charge in [-0.2, -0.15) is 0 Å². The molecule has 0 fully saturated rings. The Morgan fingerprint density at radius 3 is 3.05 bits per heavy atom. The zero-order chi connectivity index (χ0) is 13.7. The lowest BCUT2D eigenvalue weighted by Gasteiger charge is -2.14. The molecule has 0 unspecified atom stereocenters. The van der Waals surface area contributed by atoms with Crippen LogP contribution in [0.25, 0.3) is 0 Å². The van der Waals surface area contributed by atoms with E-state index >= 15 is 0 Å². The van der Waals surface area contributed by atoms with Crippen LogP contribution < -0.4 is 0 Å². The smallest absolute Gasteiger partial charge is 0.265 e. The molecule has 1 N–H and O–H groups in total. The Balaban J connectivity index is 2.13. The summed E-state index contributed by atoms with van der Waals surface area (Å²) in [7, 11) is 1.72. The van der Waals surface area contributed by atoms with E-state index in [9.17, 15) is 4.79 Å². The number of furan rings is 1. The number of hydrogen-bond acceptors (Lipinski definition) is 4. The molecule has 0 saturated carbocycles. The van der Waals surface area contributed by atoms with Crippen molar-refractivity contribution in [3.8, 4) is 11.8 Å². The van der Waals surface area contributed by atoms with Gasteiger partial charge in [0.15, 0.2) is 0 Å². The SMILES string of the molecule is CN(Cc1ccco1)C(=O)c1sccc1C#CCO. The van der Waals surface area contributed by atoms with Crippen molar-refractivity contribution in [2.75, 3.05) is 13.7 Å². The van der Waals surface area contributed by atoms with Crippen LogP contribution in [0.3, 0.4) is 0 Å². The molecule has 2 heterocycles. The normalized spacial score (nSPS) is 9.79. The predicted molar refractivity (Wildman–Crippen MR) is 72.8 cm³/mol. The van der Waals surface area contributed by atoms with E-state index in [1.165, 1.54) is 11.3 Å². The van der Waals surface area contributed by atoms with Gasteiger partial charge in [-0.1, -0.05) is 11.8 Å². The topological polar surface area (TPSA) is 53.7 Å². The number of amides is 1. The maximum absolute atomic E-state index is 12.3. The molecule has 0 radical (unpaired) electrons. The molecule has 98 valence electrons. The van der Waals surface area contributed by atoms with Crippen LogP contribution in [-0.4, -0.2) is 29.6 Å². The van der Waals surface area contributed by atoms with Gasteiger partial charge in [0.2, 0.25) is 0 Å². The number of aliphatic hydroxyl groups excluding tert-OH is 1. The van der Waals surface area contributed by atoms with Gasteiger partial charge in [-0.3, -0.25) is 4.79 Å². The third-order valence-electron chi connectivity index (χ3n) is 2.48. The predicted octanol–water partition coefficient (Wildman–Crippen LogP) is 1.96. The number of thiophene rings is 1. The van der Waals surface area contributed by atoms with Crippen LogP contribution in [-0.2, 0) is 6.54 Å². The summed E-state index contributed by atoms with van der Waals surface area (Å²) in [5.41, 5.74) is 0.648. The van der Waals surface area contributed by atoms with E-state index in [1.807, 2.05) is 11.4 Å². The van der Waals surface area contributed by atoms with E-state index in [4.69, 9.17) is 9.52 Å². The molecule has 1 amide bonds. The number of rotatable bonds is 3. The highest BCUT2D eigenvalue weighted by Crippen LogP contribution is 2.18. The first-order valence-electron chi connectivity index (χ1n) is 5.67. The van der Waals surface area contributed by atoms with Crippen molar-refractivity contribution in [1.29, 1.82) is 0 Å². The van der Waals surface area contributed by atoms with Crippen molar-refractivity contribution in [3.63, 3.8) is 0 Å². The zero-order valence-corrected chi connectivity index (χ0v) is 11.2. The molecule has 0 bridgehead atoms. The van der Waals surface area contributed by atoms with E-state index in [-0.39, 0.29) is 12.5 Å². The molecule has 19 heavy (non-hydrogen) atoms. The molecule has 0 spiro atoms. The Hall–Kier alpha value is -2.03. The molecule has 2 aromatic rings. The highest BCUT2D eigenvalue weighted by Gasteiger charge is 2.17. The van der Waals surface area contributed by atoms with E-state index in [2.05, 4.69) is 11.8 Å². The fourth-order valence-electron chi connectivity index (χ4n) is 1.59. The van der Waals surface area contributed by atoms with E-state index < -0.39 is 0 Å². The molecule has 0 aromatic carbocycles. The Morgan fingerprint density at radius 1 is 1.53 bits per heavy atom. The third-order valence-corrected chi connectivity index (χ3v) is 3.38. The number of hydrogen-bond donors (Lipinski definition) is 1. The summed E-state index contributed by atoms with van der Waals surface area (Å²) >= 11 is 1.34. The standard InChI is InChI=1S/C14H13NO3S/c1-15(10-12-5-3-8-18-12)14(17)13-11(4-2-7-16)6-9-19-13/h3,5-6,8-9,16H,7,10H2,1H3. The van der Waals surface area contributed by atoms with Crippen molar-refractivity contribution >= 4 is 17.2 Å². The van der Waals surface area contributed by atoms with Gasteiger partial charge in [0.25, 0.3) is 5.91 Å². The maximum Gasteiger partial charge on any atom is 0.265 e. The fourth-order valence-corrected chi connectivity index (χ4v) is 2.43. The van der Waals surface area contributed by atoms with Crippen LogP contribution in [0.15, 0.2) is 34.3 Å². The summed E-state index contributed by atoms with van der Waals surface area (Å²) in [4.78, 5) is 14.4. The number of carbonyl (C=O) groups is 1. The second-order valence-electron chi connectivity index (χ2n) is 3.86. The van der Waals surface area contributed by atoms with Crippen molar-refractivity contribution in [3.05, 3.63) is 46.0 Å². The summed E-state index contributed by atoms with van der Waals surface area (Å²) < 4.78 is 5.22. The first-order valence-corrected chi connectivity index (χ1v) is 6.55. The van der Waals surface area contributed by atoms with Crippen molar-refractivity contribution < 1.29 is 14.3 Å². The largest absolute Gasteiger partial charge is 0.467 e. The quantitative estimate of drug-likeness (QED) is 0.871. The summed E-state index contributed by atoms with van der Waals surface area (Å²) in [6.45, 7) is 0.197. The van der Waals surface area contributed by atoms with E-state index in [0.717, 1.165) is 5.76 Å². The monoisotopic (exact) mass is 275 g/mol. The molecular formula is C14H13NO3S. The average Bonchev–Trinajstić information content (AvgIpc) is 3.06. The van der Waals surface area contributed by atoms with Crippen molar-refractivity contribution in [2.45, 2.75) is 6.54 Å². The summed E-state index contributed by atoms with van der Waals surface area (Å²) in [5, 5.41) is 10.5. The van der Waals surface area contributed by atoms with Crippen molar-refractivity contribution in [1.82, 2.24) is 4.90 Å². The number of carbonyl (C=O) groups excluding carboxylic acids is 1. The molecule has 0 aliphatic carbocycles. The number of aliphatic hydroxyl groups is 1. The highest BCUT2D eigenvalue weighted by atomic mass is 32.1. The number of nitrogens with zero attached hydrogens (tertiary/aromatic N) is 1. The minimum absolute atomic E-state index is 0.103. The van der Waals surface area contributed by atoms with Crippen LogP contribution in [0.1, 0.15) is 21.0 Å². The average molecular weight is 275 g/mol. The molecule has 0 aliphatic heterocycles. The summed E-state index contributed by atoms with van der Waals surface area (Å²) in [6, 6.07) is 5.39. The Morgan fingerprint density at radius 2 is 2.37 bits per heavy atom. The summed E-state index contributed by atoms with van der Waals surface area (Å²) in [5.74, 6) is 5.96. The highest BCUT2D eigenvalue weighted by molar-refractivity contribution is 7.12. The molecule has 0 aliphatic rings. The first kappa shape index (κ1) is 13.4. The van der Waals surface area contributed by atoms with Crippen LogP contribution in [0, 0.1) is 11.8 Å². The van der Waals surface area contributed by atoms with Gasteiger partial charge >= 0.3 is 0 Å². The van der Waals surface area contributed by atoms with Gasteiger partial charge in [0.1, 0.15) is 17.2 Å². The lowest BCUT2D eigenvalue weighted by Crippen LogP contribution is -2.25. The Kier molecular flexibility index (Phi) is 4.39. The minimum Gasteiger partial charge on any atom is -0.467 e. The van der Waals surface area contributed by atoms with E-state index in [0.29, 0.717) is 17.0 Å². The second-order valence-corrected chi connectivity index (χ2v) is 4.78. The van der Waals surface area contributed by atoms with E-state index in [1.54, 1.807) is 30.3 Å². The first-order chi connectivity index (χ1) is 9.22. The van der Waals surface area contributed by atoms with Crippen molar-refractivity contribution in [2.24, 2.45) is 0 Å². The molecular weight excluding hydrogens is 262 g/mol. The molecule has 2 rings (SSSR count). The van der Waals surface area contributed by atoms with Gasteiger partial charge in [-0.05, 0) is 23.6 Å². The second kappa shape index (κ2) is 6.23. The van der Waals surface area contributed by atoms with Gasteiger partial charge in [-0.25, -0.2) is 0 Å². The van der Waals surface area contributed by atoms with Crippen LogP contribution in [0.4, 0.5) is 0 Å². The molecule has 5 heteroatoms. The van der Waals surface area contributed by atoms with Gasteiger partial charge in [0.05, 0.1) is 12.8 Å².